The van der Waals surface area contributed by atoms with Crippen LogP contribution in [-0.2, 0) is 9.53 Å². The third kappa shape index (κ3) is 2.16. The first-order chi connectivity index (χ1) is 7.59. The molecule has 0 saturated heterocycles. The second kappa shape index (κ2) is 4.60. The zero-order chi connectivity index (χ0) is 11.7. The Morgan fingerprint density at radius 3 is 2.69 bits per heavy atom. The van der Waals surface area contributed by atoms with E-state index in [-0.39, 0.29) is 12.1 Å². The van der Waals surface area contributed by atoms with Crippen LogP contribution in [0.5, 0.6) is 0 Å². The maximum Gasteiger partial charge on any atom is 0.303 e. The quantitative estimate of drug-likeness (QED) is 0.502. The van der Waals surface area contributed by atoms with Crippen molar-refractivity contribution in [1.29, 1.82) is 0 Å². The Labute approximate surface area is 98.1 Å². The summed E-state index contributed by atoms with van der Waals surface area (Å²) in [4.78, 5) is 11.2. The van der Waals surface area contributed by atoms with Gasteiger partial charge in [0.15, 0.2) is 0 Å². The molecule has 2 aliphatic carbocycles. The average molecular weight is 222 g/mol. The van der Waals surface area contributed by atoms with Crippen LogP contribution in [0.2, 0.25) is 0 Å². The molecule has 16 heavy (non-hydrogen) atoms. The molecule has 0 radical (unpaired) electrons. The zero-order valence-electron chi connectivity index (χ0n) is 10.5. The summed E-state index contributed by atoms with van der Waals surface area (Å²) in [7, 11) is 0. The average Bonchev–Trinajstić information content (AvgIpc) is 2.22. The topological polar surface area (TPSA) is 26.3 Å². The molecule has 0 spiro atoms. The standard InChI is InChI=1S/C14H22O2/c1-9-5-4-6-13-12(9)8-7-10(2)14(13)16-11(3)15/h6,9-10,12,14H,4-5,7-8H2,1-3H3. The number of allylic oxidation sites excluding steroid dienone is 1. The molecule has 0 amide bonds. The minimum absolute atomic E-state index is 0.0546. The highest BCUT2D eigenvalue weighted by Gasteiger charge is 2.38. The van der Waals surface area contributed by atoms with Crippen LogP contribution in [-0.4, -0.2) is 12.1 Å². The van der Waals surface area contributed by atoms with E-state index in [9.17, 15) is 4.79 Å². The van der Waals surface area contributed by atoms with Gasteiger partial charge in [-0.15, -0.1) is 0 Å². The Bertz CT molecular complexity index is 306. The molecule has 4 unspecified atom stereocenters. The van der Waals surface area contributed by atoms with Crippen molar-refractivity contribution in [1.82, 2.24) is 0 Å². The highest BCUT2D eigenvalue weighted by molar-refractivity contribution is 5.66. The molecule has 0 aromatic heterocycles. The molecule has 0 aromatic rings. The van der Waals surface area contributed by atoms with Crippen molar-refractivity contribution < 1.29 is 9.53 Å². The molecule has 0 aliphatic heterocycles. The summed E-state index contributed by atoms with van der Waals surface area (Å²) in [5.41, 5.74) is 1.41. The highest BCUT2D eigenvalue weighted by atomic mass is 16.5. The lowest BCUT2D eigenvalue weighted by atomic mass is 9.68. The van der Waals surface area contributed by atoms with Crippen LogP contribution in [0.4, 0.5) is 0 Å². The molecule has 4 atom stereocenters. The van der Waals surface area contributed by atoms with Gasteiger partial charge >= 0.3 is 5.97 Å². The number of hydrogen-bond donors (Lipinski definition) is 0. The van der Waals surface area contributed by atoms with Crippen LogP contribution in [0.25, 0.3) is 0 Å². The first kappa shape index (κ1) is 11.7. The predicted octanol–water partition coefficient (Wildman–Crippen LogP) is 3.32. The molecule has 0 aromatic carbocycles. The second-order valence-corrected chi connectivity index (χ2v) is 5.45. The van der Waals surface area contributed by atoms with Crippen LogP contribution in [0.15, 0.2) is 11.6 Å². The minimum atomic E-state index is -0.142. The fourth-order valence-electron chi connectivity index (χ4n) is 3.26. The highest BCUT2D eigenvalue weighted by Crippen LogP contribution is 2.43. The smallest absolute Gasteiger partial charge is 0.303 e. The molecule has 0 bridgehead atoms. The maximum atomic E-state index is 11.2. The van der Waals surface area contributed by atoms with E-state index in [1.54, 1.807) is 0 Å². The van der Waals surface area contributed by atoms with Gasteiger partial charge < -0.3 is 4.74 Å². The Morgan fingerprint density at radius 2 is 2.00 bits per heavy atom. The van der Waals surface area contributed by atoms with E-state index in [4.69, 9.17) is 4.74 Å². The lowest BCUT2D eigenvalue weighted by Gasteiger charge is -2.41. The Kier molecular flexibility index (Phi) is 3.36. The molecular formula is C14H22O2. The fraction of sp³-hybridized carbons (Fsp3) is 0.786. The van der Waals surface area contributed by atoms with Crippen LogP contribution >= 0.6 is 0 Å². The molecule has 1 saturated carbocycles. The van der Waals surface area contributed by atoms with E-state index >= 15 is 0 Å². The van der Waals surface area contributed by atoms with E-state index in [1.165, 1.54) is 31.8 Å². The maximum absolute atomic E-state index is 11.2. The molecule has 2 nitrogen and oxygen atoms in total. The van der Waals surface area contributed by atoms with Crippen LogP contribution < -0.4 is 0 Å². The van der Waals surface area contributed by atoms with E-state index in [2.05, 4.69) is 19.9 Å². The number of ether oxygens (including phenoxy) is 1. The fourth-order valence-corrected chi connectivity index (χ4v) is 3.26. The predicted molar refractivity (Wildman–Crippen MR) is 63.9 cm³/mol. The van der Waals surface area contributed by atoms with Crippen molar-refractivity contribution in [3.63, 3.8) is 0 Å². The molecule has 2 aliphatic rings. The van der Waals surface area contributed by atoms with Crippen LogP contribution in [0.1, 0.15) is 46.5 Å². The van der Waals surface area contributed by atoms with Gasteiger partial charge in [0.1, 0.15) is 6.10 Å². The number of carbonyl (C=O) groups is 1. The van der Waals surface area contributed by atoms with Crippen molar-refractivity contribution in [3.8, 4) is 0 Å². The monoisotopic (exact) mass is 222 g/mol. The van der Waals surface area contributed by atoms with E-state index in [0.29, 0.717) is 11.8 Å². The summed E-state index contributed by atoms with van der Waals surface area (Å²) in [6.07, 6.45) is 7.27. The summed E-state index contributed by atoms with van der Waals surface area (Å²) in [6.45, 7) is 6.05. The largest absolute Gasteiger partial charge is 0.458 e. The van der Waals surface area contributed by atoms with Gasteiger partial charge in [-0.25, -0.2) is 0 Å². The summed E-state index contributed by atoms with van der Waals surface area (Å²) in [5.74, 6) is 1.76. The van der Waals surface area contributed by atoms with Gasteiger partial charge in [-0.2, -0.15) is 0 Å². The number of carbonyl (C=O) groups excluding carboxylic acids is 1. The van der Waals surface area contributed by atoms with E-state index in [1.807, 2.05) is 0 Å². The van der Waals surface area contributed by atoms with E-state index in [0.717, 1.165) is 12.3 Å². The minimum Gasteiger partial charge on any atom is -0.458 e. The van der Waals surface area contributed by atoms with Crippen molar-refractivity contribution >= 4 is 5.97 Å². The summed E-state index contributed by atoms with van der Waals surface area (Å²) in [6, 6.07) is 0. The first-order valence-corrected chi connectivity index (χ1v) is 6.46. The SMILES string of the molecule is CC(=O)OC1C2=CCCC(C)C2CCC1C. The summed E-state index contributed by atoms with van der Waals surface area (Å²) >= 11 is 0. The third-order valence-corrected chi connectivity index (χ3v) is 4.19. The van der Waals surface area contributed by atoms with Crippen molar-refractivity contribution in [2.75, 3.05) is 0 Å². The number of fused-ring (bicyclic) bond motifs is 1. The normalized spacial score (nSPS) is 38.6. The Balaban J connectivity index is 2.19. The Morgan fingerprint density at radius 1 is 1.25 bits per heavy atom. The van der Waals surface area contributed by atoms with E-state index < -0.39 is 0 Å². The van der Waals surface area contributed by atoms with Crippen molar-refractivity contribution in [2.45, 2.75) is 52.6 Å². The van der Waals surface area contributed by atoms with Gasteiger partial charge in [-0.1, -0.05) is 19.9 Å². The van der Waals surface area contributed by atoms with Gasteiger partial charge in [-0.05, 0) is 49.0 Å². The first-order valence-electron chi connectivity index (χ1n) is 6.46. The van der Waals surface area contributed by atoms with Crippen molar-refractivity contribution in [2.24, 2.45) is 17.8 Å². The molecule has 2 heteroatoms. The molecule has 0 heterocycles. The lowest BCUT2D eigenvalue weighted by molar-refractivity contribution is -0.148. The van der Waals surface area contributed by atoms with Gasteiger partial charge in [-0.3, -0.25) is 4.79 Å². The number of hydrogen-bond acceptors (Lipinski definition) is 2. The molecule has 1 fully saturated rings. The van der Waals surface area contributed by atoms with Crippen LogP contribution in [0.3, 0.4) is 0 Å². The van der Waals surface area contributed by atoms with Gasteiger partial charge in [0.05, 0.1) is 0 Å². The summed E-state index contributed by atoms with van der Waals surface area (Å²) in [5, 5.41) is 0. The van der Waals surface area contributed by atoms with Crippen LogP contribution in [0, 0.1) is 17.8 Å². The van der Waals surface area contributed by atoms with Crippen molar-refractivity contribution in [3.05, 3.63) is 11.6 Å². The second-order valence-electron chi connectivity index (χ2n) is 5.45. The Hall–Kier alpha value is -0.790. The number of esters is 1. The van der Waals surface area contributed by atoms with Gasteiger partial charge in [0.25, 0.3) is 0 Å². The molecule has 0 N–H and O–H groups in total. The zero-order valence-corrected chi connectivity index (χ0v) is 10.5. The third-order valence-electron chi connectivity index (χ3n) is 4.19. The molecule has 90 valence electrons. The number of rotatable bonds is 1. The molecule has 2 rings (SSSR count). The lowest BCUT2D eigenvalue weighted by Crippen LogP contribution is -2.37. The molecular weight excluding hydrogens is 200 g/mol. The van der Waals surface area contributed by atoms with Gasteiger partial charge in [0.2, 0.25) is 0 Å². The summed E-state index contributed by atoms with van der Waals surface area (Å²) < 4.78 is 5.51. The van der Waals surface area contributed by atoms with Gasteiger partial charge in [0, 0.05) is 6.92 Å².